The number of carbonyl (C=O) groups excluding carboxylic acids is 3. The van der Waals surface area contributed by atoms with E-state index in [4.69, 9.17) is 18.9 Å². The Morgan fingerprint density at radius 2 is 1.48 bits per heavy atom. The zero-order chi connectivity index (χ0) is 33.2. The molecule has 0 spiro atoms. The van der Waals surface area contributed by atoms with Crippen LogP contribution in [-0.4, -0.2) is 41.0 Å². The Morgan fingerprint density at radius 1 is 0.826 bits per heavy atom. The van der Waals surface area contributed by atoms with Crippen LogP contribution in [0.25, 0.3) is 0 Å². The van der Waals surface area contributed by atoms with Gasteiger partial charge < -0.3 is 23.5 Å². The van der Waals surface area contributed by atoms with Crippen molar-refractivity contribution in [2.24, 2.45) is 18.9 Å². The first-order chi connectivity index (χ1) is 22.4. The van der Waals surface area contributed by atoms with Crippen LogP contribution in [0.5, 0.6) is 5.75 Å². The largest absolute Gasteiger partial charge is 0.516 e. The molecule has 256 valence electrons. The summed E-state index contributed by atoms with van der Waals surface area (Å²) in [5.41, 5.74) is 0.909. The quantitative estimate of drug-likeness (QED) is 0.0348. The Bertz CT molecular complexity index is 1130. The van der Waals surface area contributed by atoms with E-state index in [1.54, 1.807) is 42.9 Å². The number of allylic oxidation sites excluding steroid dienone is 2. The normalized spacial score (nSPS) is 12.5. The maximum absolute atomic E-state index is 13.0. The number of nitrogens with zero attached hydrogens (tertiary/aromatic N) is 2. The molecule has 1 aromatic carbocycles. The maximum atomic E-state index is 13.0. The van der Waals surface area contributed by atoms with Crippen LogP contribution in [0.4, 0.5) is 4.79 Å². The highest BCUT2D eigenvalue weighted by atomic mass is 16.8. The highest BCUT2D eigenvalue weighted by Gasteiger charge is 2.30. The minimum Gasteiger partial charge on any atom is -0.465 e. The molecule has 2 rings (SSSR count). The molecule has 9 nitrogen and oxygen atoms in total. The van der Waals surface area contributed by atoms with Gasteiger partial charge in [0.05, 0.1) is 18.9 Å². The van der Waals surface area contributed by atoms with E-state index >= 15 is 0 Å². The summed E-state index contributed by atoms with van der Waals surface area (Å²) < 4.78 is 22.8. The number of benzene rings is 1. The van der Waals surface area contributed by atoms with Gasteiger partial charge in [0.1, 0.15) is 5.75 Å². The van der Waals surface area contributed by atoms with Crippen LogP contribution >= 0.6 is 0 Å². The minimum atomic E-state index is -0.969. The Hall–Kier alpha value is -3.62. The Labute approximate surface area is 276 Å². The van der Waals surface area contributed by atoms with E-state index in [1.165, 1.54) is 51.4 Å². The van der Waals surface area contributed by atoms with Gasteiger partial charge in [0.2, 0.25) is 6.79 Å². The van der Waals surface area contributed by atoms with Crippen molar-refractivity contribution in [1.82, 2.24) is 9.55 Å². The molecule has 9 heteroatoms. The summed E-state index contributed by atoms with van der Waals surface area (Å²) in [5, 5.41) is 0. The van der Waals surface area contributed by atoms with Crippen LogP contribution in [-0.2, 0) is 37.3 Å². The Morgan fingerprint density at radius 3 is 2.11 bits per heavy atom. The van der Waals surface area contributed by atoms with Crippen LogP contribution in [0.1, 0.15) is 116 Å². The second kappa shape index (κ2) is 24.6. The SMILES string of the molecule is CCCCCCCC/C=C\CCCCCCCC(=O)OC[C@H](Cc1cncn1C)[C@H](CC)C(=O)OCOC(=O)Oc1ccccc1. The zero-order valence-electron chi connectivity index (χ0n) is 28.3. The number of aryl methyl sites for hydroxylation is 1. The number of hydrogen-bond donors (Lipinski definition) is 0. The molecule has 0 unspecified atom stereocenters. The molecule has 0 aliphatic heterocycles. The van der Waals surface area contributed by atoms with Crippen molar-refractivity contribution in [3.05, 3.63) is 60.7 Å². The third kappa shape index (κ3) is 17.2. The third-order valence-corrected chi connectivity index (χ3v) is 8.12. The molecule has 2 aromatic rings. The summed E-state index contributed by atoms with van der Waals surface area (Å²) in [5.74, 6) is -1.37. The lowest BCUT2D eigenvalue weighted by Gasteiger charge is -2.24. The molecule has 0 fully saturated rings. The van der Waals surface area contributed by atoms with Crippen molar-refractivity contribution < 1.29 is 33.3 Å². The summed E-state index contributed by atoms with van der Waals surface area (Å²) in [7, 11) is 1.88. The number of esters is 2. The molecule has 0 saturated carbocycles. The van der Waals surface area contributed by atoms with E-state index < -0.39 is 24.8 Å². The van der Waals surface area contributed by atoms with Crippen molar-refractivity contribution in [3.8, 4) is 5.75 Å². The molecular formula is C37H56N2O7. The molecular weight excluding hydrogens is 584 g/mol. The average molecular weight is 641 g/mol. The highest BCUT2D eigenvalue weighted by Crippen LogP contribution is 2.24. The predicted octanol–water partition coefficient (Wildman–Crippen LogP) is 8.90. The summed E-state index contributed by atoms with van der Waals surface area (Å²) >= 11 is 0. The molecule has 0 radical (unpaired) electrons. The van der Waals surface area contributed by atoms with Gasteiger partial charge in [-0.3, -0.25) is 9.59 Å². The summed E-state index contributed by atoms with van der Waals surface area (Å²) in [6.45, 7) is 3.63. The second-order valence-corrected chi connectivity index (χ2v) is 11.9. The summed E-state index contributed by atoms with van der Waals surface area (Å²) in [6, 6.07) is 8.47. The van der Waals surface area contributed by atoms with Gasteiger partial charge in [0, 0.05) is 31.3 Å². The van der Waals surface area contributed by atoms with Gasteiger partial charge in [-0.1, -0.05) is 95.6 Å². The van der Waals surface area contributed by atoms with Crippen molar-refractivity contribution in [3.63, 3.8) is 0 Å². The van der Waals surface area contributed by atoms with E-state index in [-0.39, 0.29) is 18.5 Å². The summed E-state index contributed by atoms with van der Waals surface area (Å²) in [4.78, 5) is 41.7. The number of unbranched alkanes of at least 4 members (excludes halogenated alkanes) is 11. The molecule has 46 heavy (non-hydrogen) atoms. The van der Waals surface area contributed by atoms with E-state index in [1.807, 2.05) is 18.5 Å². The molecule has 0 N–H and O–H groups in total. The smallest absolute Gasteiger partial charge is 0.465 e. The first-order valence-electron chi connectivity index (χ1n) is 17.3. The third-order valence-electron chi connectivity index (χ3n) is 8.12. The van der Waals surface area contributed by atoms with Gasteiger partial charge in [-0.25, -0.2) is 9.78 Å². The average Bonchev–Trinajstić information content (AvgIpc) is 3.46. The van der Waals surface area contributed by atoms with Crippen molar-refractivity contribution in [2.45, 2.75) is 117 Å². The lowest BCUT2D eigenvalue weighted by Crippen LogP contribution is -2.32. The first kappa shape index (κ1) is 38.6. The van der Waals surface area contributed by atoms with E-state index in [9.17, 15) is 14.4 Å². The van der Waals surface area contributed by atoms with Gasteiger partial charge in [-0.2, -0.15) is 0 Å². The van der Waals surface area contributed by atoms with Gasteiger partial charge in [-0.15, -0.1) is 0 Å². The highest BCUT2D eigenvalue weighted by molar-refractivity contribution is 5.73. The van der Waals surface area contributed by atoms with Crippen LogP contribution in [0.2, 0.25) is 0 Å². The fraction of sp³-hybridized carbons (Fsp3) is 0.622. The van der Waals surface area contributed by atoms with E-state index in [2.05, 4.69) is 24.1 Å². The zero-order valence-corrected chi connectivity index (χ0v) is 28.3. The topological polar surface area (TPSA) is 106 Å². The molecule has 0 amide bonds. The van der Waals surface area contributed by atoms with Crippen molar-refractivity contribution in [2.75, 3.05) is 13.4 Å². The predicted molar refractivity (Wildman–Crippen MR) is 179 cm³/mol. The maximum Gasteiger partial charge on any atom is 0.516 e. The fourth-order valence-corrected chi connectivity index (χ4v) is 5.33. The fourth-order valence-electron chi connectivity index (χ4n) is 5.33. The number of aromatic nitrogens is 2. The number of imidazole rings is 1. The van der Waals surface area contributed by atoms with Gasteiger partial charge in [0.25, 0.3) is 0 Å². The molecule has 0 bridgehead atoms. The molecule has 0 aliphatic rings. The van der Waals surface area contributed by atoms with E-state index in [0.29, 0.717) is 25.0 Å². The monoisotopic (exact) mass is 640 g/mol. The Kier molecular flexibility index (Phi) is 20.6. The van der Waals surface area contributed by atoms with Gasteiger partial charge >= 0.3 is 18.1 Å². The van der Waals surface area contributed by atoms with E-state index in [0.717, 1.165) is 37.8 Å². The Balaban J connectivity index is 1.68. The lowest BCUT2D eigenvalue weighted by molar-refractivity contribution is -0.162. The van der Waals surface area contributed by atoms with Crippen LogP contribution in [0, 0.1) is 11.8 Å². The van der Waals surface area contributed by atoms with Gasteiger partial charge in [-0.05, 0) is 57.1 Å². The van der Waals surface area contributed by atoms with Crippen LogP contribution in [0.3, 0.4) is 0 Å². The number of rotatable bonds is 25. The number of para-hydroxylation sites is 1. The number of ether oxygens (including phenoxy) is 4. The number of carbonyl (C=O) groups is 3. The standard InChI is InChI=1S/C37H56N2O7/c1-4-6-7-8-9-10-11-12-13-14-15-16-17-18-22-25-35(40)43-28-31(26-32-27-38-29-39(32)3)34(5-2)36(41)44-30-45-37(42)46-33-23-20-19-21-24-33/h12-13,19-21,23-24,27,29,31,34H,4-11,14-18,22,25-26,28,30H2,1-3H3/b13-12-/t31-,34-/m0/s1. The van der Waals surface area contributed by atoms with Crippen molar-refractivity contribution >= 4 is 18.1 Å². The second-order valence-electron chi connectivity index (χ2n) is 11.9. The first-order valence-corrected chi connectivity index (χ1v) is 17.3. The molecule has 2 atom stereocenters. The van der Waals surface area contributed by atoms with Crippen LogP contribution < -0.4 is 4.74 Å². The molecule has 0 saturated heterocycles. The lowest BCUT2D eigenvalue weighted by atomic mass is 9.87. The molecule has 1 heterocycles. The molecule has 1 aromatic heterocycles. The summed E-state index contributed by atoms with van der Waals surface area (Å²) in [6.07, 6.45) is 24.0. The van der Waals surface area contributed by atoms with Gasteiger partial charge in [0.15, 0.2) is 0 Å². The molecule has 0 aliphatic carbocycles. The number of hydrogen-bond acceptors (Lipinski definition) is 8. The minimum absolute atomic E-state index is 0.0829. The van der Waals surface area contributed by atoms with Crippen molar-refractivity contribution in [1.29, 1.82) is 0 Å². The van der Waals surface area contributed by atoms with Crippen LogP contribution in [0.15, 0.2) is 55.0 Å².